The van der Waals surface area contributed by atoms with Crippen molar-refractivity contribution in [1.82, 2.24) is 10.6 Å². The summed E-state index contributed by atoms with van der Waals surface area (Å²) in [5.41, 5.74) is 1.13. The van der Waals surface area contributed by atoms with Crippen LogP contribution in [0.3, 0.4) is 0 Å². The molecule has 2 N–H and O–H groups in total. The van der Waals surface area contributed by atoms with Gasteiger partial charge in [0.05, 0.1) is 7.11 Å². The zero-order chi connectivity index (χ0) is 14.8. The highest BCUT2D eigenvalue weighted by Crippen LogP contribution is 2.16. The van der Waals surface area contributed by atoms with Gasteiger partial charge in [-0.25, -0.2) is 0 Å². The lowest BCUT2D eigenvalue weighted by molar-refractivity contribution is 0.409. The van der Waals surface area contributed by atoms with Gasteiger partial charge in [0.2, 0.25) is 0 Å². The molecule has 0 fully saturated rings. The molecule has 0 bridgehead atoms. The van der Waals surface area contributed by atoms with Crippen molar-refractivity contribution in [2.24, 2.45) is 10.9 Å². The van der Waals surface area contributed by atoms with Crippen LogP contribution in [0.4, 0.5) is 0 Å². The molecule has 0 spiro atoms. The average molecular weight is 277 g/mol. The molecule has 0 radical (unpaired) electrons. The Balaban J connectivity index is 2.49. The fourth-order valence-electron chi connectivity index (χ4n) is 2.07. The van der Waals surface area contributed by atoms with E-state index in [2.05, 4.69) is 35.5 Å². The summed E-state index contributed by atoms with van der Waals surface area (Å²) in [6, 6.07) is 8.01. The molecule has 0 aromatic heterocycles. The molecule has 4 nitrogen and oxygen atoms in total. The molecular weight excluding hydrogens is 250 g/mol. The Labute approximate surface area is 122 Å². The van der Waals surface area contributed by atoms with Gasteiger partial charge in [-0.2, -0.15) is 0 Å². The van der Waals surface area contributed by atoms with Crippen LogP contribution in [0, 0.1) is 5.92 Å². The predicted molar refractivity (Wildman–Crippen MR) is 85.3 cm³/mol. The molecule has 0 unspecified atom stereocenters. The van der Waals surface area contributed by atoms with Gasteiger partial charge < -0.3 is 15.4 Å². The first-order valence-corrected chi connectivity index (χ1v) is 7.31. The number of nitrogens with one attached hydrogen (secondary N) is 2. The summed E-state index contributed by atoms with van der Waals surface area (Å²) in [5.74, 6) is 2.43. The normalized spacial score (nSPS) is 11.6. The summed E-state index contributed by atoms with van der Waals surface area (Å²) in [6.45, 7) is 6.10. The monoisotopic (exact) mass is 277 g/mol. The molecule has 0 amide bonds. The van der Waals surface area contributed by atoms with Gasteiger partial charge in [-0.1, -0.05) is 44.9 Å². The van der Waals surface area contributed by atoms with Crippen molar-refractivity contribution < 1.29 is 4.74 Å². The van der Waals surface area contributed by atoms with E-state index in [1.54, 1.807) is 14.2 Å². The number of guanidine groups is 1. The van der Waals surface area contributed by atoms with Crippen molar-refractivity contribution in [3.05, 3.63) is 29.8 Å². The van der Waals surface area contributed by atoms with Gasteiger partial charge in [-0.05, 0) is 12.0 Å². The van der Waals surface area contributed by atoms with Crippen LogP contribution in [0.25, 0.3) is 0 Å². The van der Waals surface area contributed by atoms with E-state index in [0.29, 0.717) is 12.5 Å². The largest absolute Gasteiger partial charge is 0.496 e. The molecule has 0 atom stereocenters. The molecule has 4 heteroatoms. The van der Waals surface area contributed by atoms with E-state index in [1.165, 1.54) is 12.8 Å². The third kappa shape index (κ3) is 5.11. The van der Waals surface area contributed by atoms with Gasteiger partial charge in [-0.3, -0.25) is 4.99 Å². The number of hydrogen-bond donors (Lipinski definition) is 2. The average Bonchev–Trinajstić information content (AvgIpc) is 2.51. The van der Waals surface area contributed by atoms with E-state index in [9.17, 15) is 0 Å². The van der Waals surface area contributed by atoms with E-state index in [4.69, 9.17) is 4.74 Å². The molecule has 0 heterocycles. The first-order chi connectivity index (χ1) is 9.74. The fraction of sp³-hybridized carbons (Fsp3) is 0.562. The van der Waals surface area contributed by atoms with E-state index >= 15 is 0 Å². The maximum Gasteiger partial charge on any atom is 0.191 e. The third-order valence-electron chi connectivity index (χ3n) is 3.58. The highest BCUT2D eigenvalue weighted by Gasteiger charge is 2.06. The summed E-state index contributed by atoms with van der Waals surface area (Å²) in [6.07, 6.45) is 2.38. The van der Waals surface area contributed by atoms with Crippen molar-refractivity contribution in [3.63, 3.8) is 0 Å². The van der Waals surface area contributed by atoms with Crippen LogP contribution < -0.4 is 15.4 Å². The van der Waals surface area contributed by atoms with Crippen molar-refractivity contribution >= 4 is 5.96 Å². The zero-order valence-electron chi connectivity index (χ0n) is 13.1. The molecule has 0 aliphatic heterocycles. The highest BCUT2D eigenvalue weighted by molar-refractivity contribution is 5.79. The topological polar surface area (TPSA) is 45.7 Å². The maximum absolute atomic E-state index is 5.34. The molecule has 112 valence electrons. The molecule has 0 saturated heterocycles. The minimum Gasteiger partial charge on any atom is -0.496 e. The summed E-state index contributed by atoms with van der Waals surface area (Å²) < 4.78 is 5.34. The van der Waals surface area contributed by atoms with E-state index in [0.717, 1.165) is 23.8 Å². The fourth-order valence-corrected chi connectivity index (χ4v) is 2.07. The second-order valence-electron chi connectivity index (χ2n) is 4.80. The number of nitrogens with zero attached hydrogens (tertiary/aromatic N) is 1. The predicted octanol–water partition coefficient (Wildman–Crippen LogP) is 2.80. The molecule has 0 saturated carbocycles. The van der Waals surface area contributed by atoms with Crippen LogP contribution in [0.2, 0.25) is 0 Å². The Hall–Kier alpha value is -1.71. The number of ether oxygens (including phenoxy) is 1. The number of para-hydroxylation sites is 1. The zero-order valence-corrected chi connectivity index (χ0v) is 13.1. The Bertz CT molecular complexity index is 414. The summed E-state index contributed by atoms with van der Waals surface area (Å²) in [4.78, 5) is 4.25. The number of methoxy groups -OCH3 is 1. The lowest BCUT2D eigenvalue weighted by atomic mass is 10.0. The van der Waals surface area contributed by atoms with Crippen LogP contribution in [0.15, 0.2) is 29.3 Å². The van der Waals surface area contributed by atoms with Crippen molar-refractivity contribution in [2.75, 3.05) is 20.7 Å². The SMILES string of the molecule is CCC(CC)CNC(=NC)NCc1ccccc1OC. The number of rotatable bonds is 7. The lowest BCUT2D eigenvalue weighted by Crippen LogP contribution is -2.39. The minimum absolute atomic E-state index is 0.694. The van der Waals surface area contributed by atoms with Gasteiger partial charge in [0.1, 0.15) is 5.75 Å². The summed E-state index contributed by atoms with van der Waals surface area (Å²) in [7, 11) is 3.49. The summed E-state index contributed by atoms with van der Waals surface area (Å²) >= 11 is 0. The van der Waals surface area contributed by atoms with Crippen LogP contribution >= 0.6 is 0 Å². The Morgan fingerprint density at radius 2 is 1.90 bits per heavy atom. The molecule has 1 aromatic rings. The molecule has 20 heavy (non-hydrogen) atoms. The molecule has 0 aliphatic rings. The third-order valence-corrected chi connectivity index (χ3v) is 3.58. The Morgan fingerprint density at radius 3 is 2.50 bits per heavy atom. The van der Waals surface area contributed by atoms with E-state index in [-0.39, 0.29) is 0 Å². The van der Waals surface area contributed by atoms with Gasteiger partial charge in [0.25, 0.3) is 0 Å². The van der Waals surface area contributed by atoms with E-state index < -0.39 is 0 Å². The minimum atomic E-state index is 0.694. The van der Waals surface area contributed by atoms with Crippen molar-refractivity contribution in [2.45, 2.75) is 33.2 Å². The number of aliphatic imine (C=N–C) groups is 1. The molecule has 0 aliphatic carbocycles. The number of hydrogen-bond acceptors (Lipinski definition) is 2. The van der Waals surface area contributed by atoms with Gasteiger partial charge >= 0.3 is 0 Å². The summed E-state index contributed by atoms with van der Waals surface area (Å²) in [5, 5.41) is 6.70. The smallest absolute Gasteiger partial charge is 0.191 e. The molecule has 1 aromatic carbocycles. The second-order valence-corrected chi connectivity index (χ2v) is 4.80. The first kappa shape index (κ1) is 16.3. The second kappa shape index (κ2) is 9.23. The van der Waals surface area contributed by atoms with E-state index in [1.807, 2.05) is 18.2 Å². The Kier molecular flexibility index (Phi) is 7.55. The number of benzene rings is 1. The molecular formula is C16H27N3O. The maximum atomic E-state index is 5.34. The molecule has 1 rings (SSSR count). The van der Waals surface area contributed by atoms with Crippen LogP contribution in [0.5, 0.6) is 5.75 Å². The van der Waals surface area contributed by atoms with Crippen molar-refractivity contribution in [3.8, 4) is 5.75 Å². The van der Waals surface area contributed by atoms with Crippen LogP contribution in [-0.2, 0) is 6.54 Å². The lowest BCUT2D eigenvalue weighted by Gasteiger charge is -2.17. The standard InChI is InChI=1S/C16H27N3O/c1-5-13(6-2)11-18-16(17-3)19-12-14-9-7-8-10-15(14)20-4/h7-10,13H,5-6,11-12H2,1-4H3,(H2,17,18,19). The van der Waals surface area contributed by atoms with Gasteiger partial charge in [-0.15, -0.1) is 0 Å². The van der Waals surface area contributed by atoms with Gasteiger partial charge in [0, 0.05) is 25.7 Å². The van der Waals surface area contributed by atoms with Crippen LogP contribution in [0.1, 0.15) is 32.3 Å². The first-order valence-electron chi connectivity index (χ1n) is 7.31. The van der Waals surface area contributed by atoms with Crippen LogP contribution in [-0.4, -0.2) is 26.7 Å². The Morgan fingerprint density at radius 1 is 1.20 bits per heavy atom. The highest BCUT2D eigenvalue weighted by atomic mass is 16.5. The quantitative estimate of drug-likeness (QED) is 0.595. The van der Waals surface area contributed by atoms with Crippen molar-refractivity contribution in [1.29, 1.82) is 0 Å². The van der Waals surface area contributed by atoms with Gasteiger partial charge in [0.15, 0.2) is 5.96 Å².